The van der Waals surface area contributed by atoms with Gasteiger partial charge in [0.15, 0.2) is 5.82 Å². The van der Waals surface area contributed by atoms with Crippen molar-refractivity contribution in [3.8, 4) is 0 Å². The Morgan fingerprint density at radius 1 is 1.33 bits per heavy atom. The van der Waals surface area contributed by atoms with Crippen LogP contribution in [0.1, 0.15) is 30.1 Å². The van der Waals surface area contributed by atoms with Gasteiger partial charge in [0, 0.05) is 6.54 Å². The molecule has 2 heterocycles. The fourth-order valence-electron chi connectivity index (χ4n) is 2.82. The molecular formula is C15H17F2N3O3S. The predicted octanol–water partition coefficient (Wildman–Crippen LogP) is 2.48. The van der Waals surface area contributed by atoms with Crippen molar-refractivity contribution in [3.63, 3.8) is 0 Å². The summed E-state index contributed by atoms with van der Waals surface area (Å²) in [6.45, 7) is 2.84. The molecule has 0 radical (unpaired) electrons. The molecule has 24 heavy (non-hydrogen) atoms. The maximum Gasteiger partial charge on any atom is 0.265 e. The van der Waals surface area contributed by atoms with Crippen molar-refractivity contribution in [2.24, 2.45) is 0 Å². The summed E-state index contributed by atoms with van der Waals surface area (Å²) in [7, 11) is -4.02. The summed E-state index contributed by atoms with van der Waals surface area (Å²) in [6.07, 6.45) is 0.383. The molecule has 1 atom stereocenters. The first kappa shape index (κ1) is 17.0. The summed E-state index contributed by atoms with van der Waals surface area (Å²) in [5, 5.41) is 3.56. The molecule has 1 fully saturated rings. The summed E-state index contributed by atoms with van der Waals surface area (Å²) in [6, 6.07) is 3.53. The summed E-state index contributed by atoms with van der Waals surface area (Å²) in [5.41, 5.74) is -1.64. The topological polar surface area (TPSA) is 76.3 Å². The van der Waals surface area contributed by atoms with E-state index >= 15 is 4.39 Å². The zero-order chi connectivity index (χ0) is 17.5. The number of hydrogen-bond acceptors (Lipinski definition) is 5. The Balaban J connectivity index is 1.95. The second kappa shape index (κ2) is 5.89. The minimum atomic E-state index is -4.02. The second-order valence-electron chi connectivity index (χ2n) is 5.96. The molecule has 130 valence electrons. The maximum atomic E-state index is 15.2. The van der Waals surface area contributed by atoms with Gasteiger partial charge in [-0.15, -0.1) is 0 Å². The maximum absolute atomic E-state index is 15.2. The van der Waals surface area contributed by atoms with Gasteiger partial charge in [-0.1, -0.05) is 11.2 Å². The van der Waals surface area contributed by atoms with E-state index in [1.54, 1.807) is 13.8 Å². The lowest BCUT2D eigenvalue weighted by Gasteiger charge is -2.34. The van der Waals surface area contributed by atoms with Crippen molar-refractivity contribution in [2.45, 2.75) is 37.3 Å². The number of aryl methyl sites for hydroxylation is 2. The van der Waals surface area contributed by atoms with Gasteiger partial charge in [-0.2, -0.15) is 9.29 Å². The lowest BCUT2D eigenvalue weighted by molar-refractivity contribution is 0.0470. The quantitative estimate of drug-likeness (QED) is 0.843. The average Bonchev–Trinajstić information content (AvgIpc) is 2.97. The number of aromatic nitrogens is 2. The third-order valence-corrected chi connectivity index (χ3v) is 6.07. The predicted molar refractivity (Wildman–Crippen MR) is 81.0 cm³/mol. The summed E-state index contributed by atoms with van der Waals surface area (Å²) in [4.78, 5) is 3.73. The fourth-order valence-corrected chi connectivity index (χ4v) is 4.58. The van der Waals surface area contributed by atoms with Crippen molar-refractivity contribution in [1.29, 1.82) is 0 Å². The standard InChI is InChI=1S/C15H17F2N3O3S/c1-10-4-5-12(16)8-13(10)24(21,22)20-7-3-6-15(17,9-20)14-18-11(2)19-23-14/h4-5,8H,3,6-7,9H2,1-2H3/t15-/m0/s1. The highest BCUT2D eigenvalue weighted by atomic mass is 32.2. The van der Waals surface area contributed by atoms with E-state index in [1.165, 1.54) is 12.1 Å². The molecule has 0 N–H and O–H groups in total. The first-order chi connectivity index (χ1) is 11.2. The first-order valence-corrected chi connectivity index (χ1v) is 8.92. The van der Waals surface area contributed by atoms with Crippen LogP contribution < -0.4 is 0 Å². The Labute approximate surface area is 138 Å². The van der Waals surface area contributed by atoms with E-state index in [0.717, 1.165) is 10.4 Å². The van der Waals surface area contributed by atoms with Gasteiger partial charge in [-0.05, 0) is 44.4 Å². The lowest BCUT2D eigenvalue weighted by Crippen LogP contribution is -2.46. The van der Waals surface area contributed by atoms with Crippen molar-refractivity contribution in [1.82, 2.24) is 14.4 Å². The molecule has 1 saturated heterocycles. The molecule has 9 heteroatoms. The minimum absolute atomic E-state index is 0.0861. The molecule has 0 saturated carbocycles. The van der Waals surface area contributed by atoms with Crippen LogP contribution in [0, 0.1) is 19.7 Å². The number of rotatable bonds is 3. The van der Waals surface area contributed by atoms with E-state index in [0.29, 0.717) is 12.0 Å². The van der Waals surface area contributed by atoms with Gasteiger partial charge in [-0.25, -0.2) is 17.2 Å². The number of benzene rings is 1. The number of alkyl halides is 1. The molecule has 2 aromatic rings. The van der Waals surface area contributed by atoms with E-state index in [4.69, 9.17) is 4.52 Å². The smallest absolute Gasteiger partial charge is 0.265 e. The Kier molecular flexibility index (Phi) is 4.16. The van der Waals surface area contributed by atoms with Crippen molar-refractivity contribution in [2.75, 3.05) is 13.1 Å². The molecule has 0 aliphatic carbocycles. The number of nitrogens with zero attached hydrogens (tertiary/aromatic N) is 3. The van der Waals surface area contributed by atoms with Gasteiger partial charge >= 0.3 is 0 Å². The highest BCUT2D eigenvalue weighted by molar-refractivity contribution is 7.89. The highest BCUT2D eigenvalue weighted by Crippen LogP contribution is 2.37. The molecule has 6 nitrogen and oxygen atoms in total. The van der Waals surface area contributed by atoms with E-state index in [-0.39, 0.29) is 29.6 Å². The van der Waals surface area contributed by atoms with E-state index in [9.17, 15) is 12.8 Å². The fraction of sp³-hybridized carbons (Fsp3) is 0.467. The van der Waals surface area contributed by atoms with Crippen molar-refractivity contribution >= 4 is 10.0 Å². The van der Waals surface area contributed by atoms with Gasteiger partial charge in [0.1, 0.15) is 5.82 Å². The van der Waals surface area contributed by atoms with E-state index in [1.807, 2.05) is 0 Å². The van der Waals surface area contributed by atoms with Gasteiger partial charge in [0.25, 0.3) is 5.89 Å². The average molecular weight is 357 g/mol. The largest absolute Gasteiger partial charge is 0.336 e. The summed E-state index contributed by atoms with van der Waals surface area (Å²) in [5.74, 6) is -0.603. The van der Waals surface area contributed by atoms with Crippen LogP contribution in [-0.2, 0) is 15.7 Å². The third kappa shape index (κ3) is 2.93. The van der Waals surface area contributed by atoms with Crippen LogP contribution in [0.4, 0.5) is 8.78 Å². The molecule has 1 aromatic heterocycles. The molecule has 1 aromatic carbocycles. The van der Waals surface area contributed by atoms with Crippen LogP contribution in [-0.4, -0.2) is 36.0 Å². The van der Waals surface area contributed by atoms with Crippen LogP contribution in [0.15, 0.2) is 27.6 Å². The zero-order valence-corrected chi connectivity index (χ0v) is 14.1. The van der Waals surface area contributed by atoms with Crippen LogP contribution >= 0.6 is 0 Å². The number of halogens is 2. The van der Waals surface area contributed by atoms with Crippen molar-refractivity contribution < 1.29 is 21.7 Å². The van der Waals surface area contributed by atoms with Gasteiger partial charge in [0.05, 0.1) is 11.4 Å². The van der Waals surface area contributed by atoms with Crippen LogP contribution in [0.5, 0.6) is 0 Å². The second-order valence-corrected chi connectivity index (χ2v) is 7.87. The Hall–Kier alpha value is -1.87. The number of sulfonamides is 1. The zero-order valence-electron chi connectivity index (χ0n) is 13.3. The molecule has 0 amide bonds. The summed E-state index contributed by atoms with van der Waals surface area (Å²) >= 11 is 0. The SMILES string of the molecule is Cc1noc([C@]2(F)CCCN(S(=O)(=O)c3cc(F)ccc3C)C2)n1. The Morgan fingerprint density at radius 3 is 2.75 bits per heavy atom. The van der Waals surface area contributed by atoms with Crippen molar-refractivity contribution in [3.05, 3.63) is 41.3 Å². The van der Waals surface area contributed by atoms with Gasteiger partial charge in [0.2, 0.25) is 15.7 Å². The monoisotopic (exact) mass is 357 g/mol. The van der Waals surface area contributed by atoms with Crippen LogP contribution in [0.3, 0.4) is 0 Å². The Morgan fingerprint density at radius 2 is 2.08 bits per heavy atom. The molecule has 1 aliphatic rings. The highest BCUT2D eigenvalue weighted by Gasteiger charge is 2.46. The third-order valence-electron chi connectivity index (χ3n) is 4.09. The minimum Gasteiger partial charge on any atom is -0.336 e. The molecule has 0 spiro atoms. The van der Waals surface area contributed by atoms with Crippen LogP contribution in [0.2, 0.25) is 0 Å². The lowest BCUT2D eigenvalue weighted by atomic mass is 9.96. The molecule has 3 rings (SSSR count). The number of hydrogen-bond donors (Lipinski definition) is 0. The van der Waals surface area contributed by atoms with E-state index < -0.39 is 28.1 Å². The molecule has 0 bridgehead atoms. The van der Waals surface area contributed by atoms with Gasteiger partial charge < -0.3 is 4.52 Å². The summed E-state index contributed by atoms with van der Waals surface area (Å²) < 4.78 is 60.2. The van der Waals surface area contributed by atoms with Gasteiger partial charge in [-0.3, -0.25) is 0 Å². The molecular weight excluding hydrogens is 340 g/mol. The number of piperidine rings is 1. The van der Waals surface area contributed by atoms with Crippen LogP contribution in [0.25, 0.3) is 0 Å². The normalized spacial score (nSPS) is 22.7. The molecule has 0 unspecified atom stereocenters. The van der Waals surface area contributed by atoms with E-state index in [2.05, 4.69) is 10.1 Å². The molecule has 1 aliphatic heterocycles. The Bertz CT molecular complexity index is 869. The first-order valence-electron chi connectivity index (χ1n) is 7.48.